The largest absolute Gasteiger partial charge is 0.0645 e. The van der Waals surface area contributed by atoms with Gasteiger partial charge in [-0.25, -0.2) is 0 Å². The van der Waals surface area contributed by atoms with Gasteiger partial charge in [0.25, 0.3) is 0 Å². The fourth-order valence-corrected chi connectivity index (χ4v) is 4.16. The van der Waals surface area contributed by atoms with E-state index < -0.39 is 0 Å². The molecule has 0 N–H and O–H groups in total. The molecule has 0 heterocycles. The molecule has 0 bridgehead atoms. The second kappa shape index (κ2) is 4.34. The van der Waals surface area contributed by atoms with Gasteiger partial charge in [0.2, 0.25) is 0 Å². The first-order valence-corrected chi connectivity index (χ1v) is 8.08. The fraction of sp³-hybridized carbons (Fsp3) is 0.333. The Morgan fingerprint density at radius 2 is 1.67 bits per heavy atom. The monoisotopic (exact) mass is 274 g/mol. The van der Waals surface area contributed by atoms with Gasteiger partial charge in [0.05, 0.1) is 0 Å². The molecule has 4 rings (SSSR count). The number of fused-ring (bicyclic) bond motifs is 5. The van der Waals surface area contributed by atoms with E-state index in [1.807, 2.05) is 0 Å². The maximum absolute atomic E-state index is 2.43. The Morgan fingerprint density at radius 1 is 0.952 bits per heavy atom. The average molecular weight is 274 g/mol. The zero-order valence-electron chi connectivity index (χ0n) is 13.2. The molecule has 1 atom stereocenters. The van der Waals surface area contributed by atoms with Crippen LogP contribution in [0.3, 0.4) is 0 Å². The van der Waals surface area contributed by atoms with E-state index in [1.165, 1.54) is 46.4 Å². The van der Waals surface area contributed by atoms with Crippen LogP contribution in [0.5, 0.6) is 0 Å². The van der Waals surface area contributed by atoms with Gasteiger partial charge in [-0.1, -0.05) is 56.3 Å². The molecule has 0 aromatic heterocycles. The van der Waals surface area contributed by atoms with E-state index in [0.717, 1.165) is 0 Å². The maximum Gasteiger partial charge on any atom is -0.00718 e. The molecule has 3 aromatic rings. The second-order valence-electron chi connectivity index (χ2n) is 6.84. The van der Waals surface area contributed by atoms with Crippen LogP contribution in [0.4, 0.5) is 0 Å². The van der Waals surface area contributed by atoms with E-state index >= 15 is 0 Å². The molecule has 0 fully saturated rings. The Hall–Kier alpha value is -1.82. The minimum atomic E-state index is 0.378. The van der Waals surface area contributed by atoms with Crippen molar-refractivity contribution in [1.82, 2.24) is 0 Å². The van der Waals surface area contributed by atoms with Gasteiger partial charge in [0.15, 0.2) is 0 Å². The highest BCUT2D eigenvalue weighted by molar-refractivity contribution is 6.10. The van der Waals surface area contributed by atoms with Gasteiger partial charge in [-0.15, -0.1) is 0 Å². The van der Waals surface area contributed by atoms with Gasteiger partial charge in [-0.2, -0.15) is 0 Å². The molecule has 0 spiro atoms. The molecule has 106 valence electrons. The third-order valence-corrected chi connectivity index (χ3v) is 5.72. The molecule has 0 nitrogen and oxygen atoms in total. The molecule has 0 amide bonds. The highest BCUT2D eigenvalue weighted by Crippen LogP contribution is 2.45. The smallest absolute Gasteiger partial charge is 0.00718 e. The van der Waals surface area contributed by atoms with Gasteiger partial charge in [-0.05, 0) is 69.8 Å². The summed E-state index contributed by atoms with van der Waals surface area (Å²) >= 11 is 0. The third kappa shape index (κ3) is 1.68. The standard InChI is InChI=1S/C21H22/c1-4-21(3)12-11-18-19-13-14(2)15-7-5-6-8-16(15)17(19)9-10-20(18)21/h5-10,13H,4,11-12H2,1-3H3/t21-/m1/s1. The predicted molar refractivity (Wildman–Crippen MR) is 92.2 cm³/mol. The molecule has 0 unspecified atom stereocenters. The Balaban J connectivity index is 2.13. The molecule has 0 saturated carbocycles. The summed E-state index contributed by atoms with van der Waals surface area (Å²) in [5.74, 6) is 0. The lowest BCUT2D eigenvalue weighted by Crippen LogP contribution is -2.16. The van der Waals surface area contributed by atoms with E-state index in [0.29, 0.717) is 5.41 Å². The number of aryl methyl sites for hydroxylation is 2. The Bertz CT molecular complexity index is 857. The molecule has 21 heavy (non-hydrogen) atoms. The van der Waals surface area contributed by atoms with Crippen molar-refractivity contribution in [3.63, 3.8) is 0 Å². The van der Waals surface area contributed by atoms with Crippen LogP contribution in [-0.2, 0) is 11.8 Å². The Morgan fingerprint density at radius 3 is 2.43 bits per heavy atom. The molecule has 0 saturated heterocycles. The van der Waals surface area contributed by atoms with E-state index in [1.54, 1.807) is 11.1 Å². The zero-order chi connectivity index (χ0) is 14.6. The highest BCUT2D eigenvalue weighted by atomic mass is 14.4. The van der Waals surface area contributed by atoms with Gasteiger partial charge in [0.1, 0.15) is 0 Å². The summed E-state index contributed by atoms with van der Waals surface area (Å²) in [6, 6.07) is 16.0. The molecule has 1 aliphatic carbocycles. The number of rotatable bonds is 1. The van der Waals surface area contributed by atoms with Crippen LogP contribution in [0.1, 0.15) is 43.4 Å². The summed E-state index contributed by atoms with van der Waals surface area (Å²) < 4.78 is 0. The first-order valence-electron chi connectivity index (χ1n) is 8.08. The topological polar surface area (TPSA) is 0 Å². The van der Waals surface area contributed by atoms with Gasteiger partial charge < -0.3 is 0 Å². The summed E-state index contributed by atoms with van der Waals surface area (Å²) in [5, 5.41) is 5.71. The van der Waals surface area contributed by atoms with E-state index in [2.05, 4.69) is 63.2 Å². The summed E-state index contributed by atoms with van der Waals surface area (Å²) in [6.45, 7) is 7.00. The normalized spacial score (nSPS) is 21.1. The van der Waals surface area contributed by atoms with Crippen molar-refractivity contribution in [2.75, 3.05) is 0 Å². The van der Waals surface area contributed by atoms with Crippen molar-refractivity contribution in [3.8, 4) is 0 Å². The summed E-state index contributed by atoms with van der Waals surface area (Å²) in [5.41, 5.74) is 4.97. The molecule has 0 aliphatic heterocycles. The van der Waals surface area contributed by atoms with Crippen molar-refractivity contribution < 1.29 is 0 Å². The Kier molecular flexibility index (Phi) is 2.66. The van der Waals surface area contributed by atoms with Gasteiger partial charge in [0, 0.05) is 0 Å². The lowest BCUT2D eigenvalue weighted by Gasteiger charge is -2.23. The van der Waals surface area contributed by atoms with Crippen molar-refractivity contribution in [3.05, 3.63) is 59.2 Å². The van der Waals surface area contributed by atoms with E-state index in [9.17, 15) is 0 Å². The molecular formula is C21H22. The van der Waals surface area contributed by atoms with E-state index in [-0.39, 0.29) is 0 Å². The average Bonchev–Trinajstić information content (AvgIpc) is 2.86. The SMILES string of the molecule is CC[C@]1(C)CCc2c1ccc1c2cc(C)c2ccccc21. The van der Waals surface area contributed by atoms with Crippen molar-refractivity contribution in [2.24, 2.45) is 0 Å². The number of benzene rings is 3. The summed E-state index contributed by atoms with van der Waals surface area (Å²) in [7, 11) is 0. The van der Waals surface area contributed by atoms with Crippen LogP contribution in [0, 0.1) is 6.92 Å². The first kappa shape index (κ1) is 12.9. The molecule has 0 radical (unpaired) electrons. The second-order valence-corrected chi connectivity index (χ2v) is 6.84. The summed E-state index contributed by atoms with van der Waals surface area (Å²) in [4.78, 5) is 0. The van der Waals surface area contributed by atoms with Gasteiger partial charge in [-0.3, -0.25) is 0 Å². The molecular weight excluding hydrogens is 252 g/mol. The maximum atomic E-state index is 2.43. The molecule has 0 heteroatoms. The zero-order valence-corrected chi connectivity index (χ0v) is 13.2. The third-order valence-electron chi connectivity index (χ3n) is 5.72. The molecule has 3 aromatic carbocycles. The Labute approximate surface area is 126 Å². The fourth-order valence-electron chi connectivity index (χ4n) is 4.16. The van der Waals surface area contributed by atoms with Crippen LogP contribution >= 0.6 is 0 Å². The number of hydrogen-bond acceptors (Lipinski definition) is 0. The first-order chi connectivity index (χ1) is 10.1. The highest BCUT2D eigenvalue weighted by Gasteiger charge is 2.33. The van der Waals surface area contributed by atoms with Crippen molar-refractivity contribution >= 4 is 21.5 Å². The van der Waals surface area contributed by atoms with Crippen molar-refractivity contribution in [2.45, 2.75) is 45.4 Å². The predicted octanol–water partition coefficient (Wildman–Crippen LogP) is 5.92. The van der Waals surface area contributed by atoms with Crippen LogP contribution in [0.2, 0.25) is 0 Å². The van der Waals surface area contributed by atoms with E-state index in [4.69, 9.17) is 0 Å². The van der Waals surface area contributed by atoms with Crippen LogP contribution < -0.4 is 0 Å². The minimum absolute atomic E-state index is 0.378. The summed E-state index contributed by atoms with van der Waals surface area (Å²) in [6.07, 6.45) is 3.76. The van der Waals surface area contributed by atoms with Crippen LogP contribution in [-0.4, -0.2) is 0 Å². The number of hydrogen-bond donors (Lipinski definition) is 0. The van der Waals surface area contributed by atoms with Crippen LogP contribution in [0.15, 0.2) is 42.5 Å². The lowest BCUT2D eigenvalue weighted by molar-refractivity contribution is 0.453. The quantitative estimate of drug-likeness (QED) is 0.483. The van der Waals surface area contributed by atoms with Crippen molar-refractivity contribution in [1.29, 1.82) is 0 Å². The van der Waals surface area contributed by atoms with Crippen LogP contribution in [0.25, 0.3) is 21.5 Å². The molecule has 1 aliphatic rings. The minimum Gasteiger partial charge on any atom is -0.0645 e. The lowest BCUT2D eigenvalue weighted by atomic mass is 9.81. The van der Waals surface area contributed by atoms with Gasteiger partial charge >= 0.3 is 0 Å².